The summed E-state index contributed by atoms with van der Waals surface area (Å²) in [5.74, 6) is -0.183. The minimum Gasteiger partial charge on any atom is -0.391 e. The van der Waals surface area contributed by atoms with E-state index in [4.69, 9.17) is 18.0 Å². The fourth-order valence-electron chi connectivity index (χ4n) is 1.94. The average molecular weight is 268 g/mol. The zero-order valence-electron chi connectivity index (χ0n) is 11.3. The van der Waals surface area contributed by atoms with Crippen LogP contribution in [0.1, 0.15) is 42.7 Å². The van der Waals surface area contributed by atoms with E-state index in [2.05, 4.69) is 10.4 Å². The Morgan fingerprint density at radius 2 is 2.11 bits per heavy atom. The molecule has 1 rings (SSSR count). The van der Waals surface area contributed by atoms with Gasteiger partial charge in [-0.1, -0.05) is 26.1 Å². The first kappa shape index (κ1) is 14.6. The number of carbonyl (C=O) groups excluding carboxylic acids is 1. The lowest BCUT2D eigenvalue weighted by Crippen LogP contribution is -2.56. The minimum atomic E-state index is -0.616. The van der Waals surface area contributed by atoms with E-state index in [0.717, 1.165) is 0 Å². The van der Waals surface area contributed by atoms with E-state index >= 15 is 0 Å². The molecule has 1 heterocycles. The molecule has 1 aromatic heterocycles. The fraction of sp³-hybridized carbons (Fsp3) is 0.583. The van der Waals surface area contributed by atoms with Gasteiger partial charge in [0.05, 0.1) is 21.8 Å². The summed E-state index contributed by atoms with van der Waals surface area (Å²) in [7, 11) is 1.78. The summed E-state index contributed by atoms with van der Waals surface area (Å²) in [6.07, 6.45) is 3.04. The Morgan fingerprint density at radius 3 is 2.44 bits per heavy atom. The van der Waals surface area contributed by atoms with Crippen LogP contribution in [0.4, 0.5) is 0 Å². The van der Waals surface area contributed by atoms with Crippen LogP contribution in [0.15, 0.2) is 6.20 Å². The molecule has 6 heteroatoms. The van der Waals surface area contributed by atoms with Crippen molar-refractivity contribution in [2.24, 2.45) is 12.8 Å². The molecule has 0 spiro atoms. The van der Waals surface area contributed by atoms with Crippen LogP contribution in [0.25, 0.3) is 0 Å². The van der Waals surface area contributed by atoms with Crippen molar-refractivity contribution < 1.29 is 4.79 Å². The summed E-state index contributed by atoms with van der Waals surface area (Å²) in [5, 5.41) is 7.09. The second kappa shape index (κ2) is 5.48. The van der Waals surface area contributed by atoms with Crippen molar-refractivity contribution in [3.63, 3.8) is 0 Å². The van der Waals surface area contributed by atoms with Crippen molar-refractivity contribution in [1.82, 2.24) is 15.1 Å². The van der Waals surface area contributed by atoms with E-state index in [9.17, 15) is 4.79 Å². The van der Waals surface area contributed by atoms with Crippen LogP contribution in [-0.2, 0) is 7.05 Å². The number of amides is 1. The van der Waals surface area contributed by atoms with Gasteiger partial charge < -0.3 is 11.1 Å². The first-order valence-electron chi connectivity index (χ1n) is 5.99. The van der Waals surface area contributed by atoms with Gasteiger partial charge in [-0.05, 0) is 19.8 Å². The molecular weight excluding hydrogens is 248 g/mol. The summed E-state index contributed by atoms with van der Waals surface area (Å²) >= 11 is 5.08. The van der Waals surface area contributed by atoms with E-state index in [1.165, 1.54) is 0 Å². The van der Waals surface area contributed by atoms with Gasteiger partial charge in [-0.3, -0.25) is 9.48 Å². The number of nitrogens with zero attached hydrogens (tertiary/aromatic N) is 2. The molecule has 0 aliphatic heterocycles. The molecule has 18 heavy (non-hydrogen) atoms. The zero-order chi connectivity index (χ0) is 13.9. The van der Waals surface area contributed by atoms with Crippen LogP contribution >= 0.6 is 12.2 Å². The molecular formula is C12H20N4OS. The van der Waals surface area contributed by atoms with Gasteiger partial charge in [0.2, 0.25) is 0 Å². The van der Waals surface area contributed by atoms with Gasteiger partial charge in [0, 0.05) is 13.2 Å². The van der Waals surface area contributed by atoms with E-state index in [0.29, 0.717) is 29.1 Å². The molecule has 0 saturated heterocycles. The van der Waals surface area contributed by atoms with E-state index in [-0.39, 0.29) is 5.91 Å². The molecule has 0 bridgehead atoms. The number of carbonyl (C=O) groups is 1. The molecule has 0 fully saturated rings. The molecule has 3 N–H and O–H groups in total. The van der Waals surface area contributed by atoms with Crippen molar-refractivity contribution in [1.29, 1.82) is 0 Å². The highest BCUT2D eigenvalue weighted by molar-refractivity contribution is 7.80. The monoisotopic (exact) mass is 268 g/mol. The Hall–Kier alpha value is -1.43. The van der Waals surface area contributed by atoms with E-state index in [1.807, 2.05) is 13.8 Å². The lowest BCUT2D eigenvalue weighted by molar-refractivity contribution is 0.0919. The van der Waals surface area contributed by atoms with Gasteiger partial charge in [0.15, 0.2) is 0 Å². The van der Waals surface area contributed by atoms with Crippen molar-refractivity contribution >= 4 is 23.1 Å². The smallest absolute Gasteiger partial charge is 0.255 e. The molecule has 1 aromatic rings. The molecule has 0 unspecified atom stereocenters. The largest absolute Gasteiger partial charge is 0.391 e. The van der Waals surface area contributed by atoms with Gasteiger partial charge >= 0.3 is 0 Å². The van der Waals surface area contributed by atoms with Crippen molar-refractivity contribution in [3.8, 4) is 0 Å². The number of aromatic nitrogens is 2. The highest BCUT2D eigenvalue weighted by Crippen LogP contribution is 2.17. The predicted octanol–water partition coefficient (Wildman–Crippen LogP) is 1.30. The van der Waals surface area contributed by atoms with Crippen LogP contribution in [0.3, 0.4) is 0 Å². The number of aryl methyl sites for hydroxylation is 2. The SMILES string of the molecule is CCC(CC)(NC(=O)c1cn(C)nc1C)C(N)=S. The van der Waals surface area contributed by atoms with Gasteiger partial charge in [0.1, 0.15) is 0 Å². The second-order valence-corrected chi connectivity index (χ2v) is 4.85. The third kappa shape index (κ3) is 2.69. The number of hydrogen-bond donors (Lipinski definition) is 2. The molecule has 0 aliphatic rings. The normalized spacial score (nSPS) is 11.3. The van der Waals surface area contributed by atoms with Crippen molar-refractivity contribution in [2.75, 3.05) is 0 Å². The summed E-state index contributed by atoms with van der Waals surface area (Å²) in [5.41, 5.74) is 6.39. The van der Waals surface area contributed by atoms with Gasteiger partial charge in [-0.25, -0.2) is 0 Å². The number of nitrogens with one attached hydrogen (secondary N) is 1. The molecule has 0 atom stereocenters. The number of thiocarbonyl (C=S) groups is 1. The Kier molecular flexibility index (Phi) is 4.45. The topological polar surface area (TPSA) is 72.9 Å². The molecule has 0 saturated carbocycles. The van der Waals surface area contributed by atoms with Crippen molar-refractivity contribution in [2.45, 2.75) is 39.2 Å². The van der Waals surface area contributed by atoms with E-state index in [1.54, 1.807) is 24.9 Å². The quantitative estimate of drug-likeness (QED) is 0.790. The van der Waals surface area contributed by atoms with Crippen molar-refractivity contribution in [3.05, 3.63) is 17.5 Å². The van der Waals surface area contributed by atoms with Crippen LogP contribution in [0.5, 0.6) is 0 Å². The Morgan fingerprint density at radius 1 is 1.56 bits per heavy atom. The van der Waals surface area contributed by atoms with Gasteiger partial charge in [-0.15, -0.1) is 0 Å². The van der Waals surface area contributed by atoms with Crippen LogP contribution in [-0.4, -0.2) is 26.2 Å². The average Bonchev–Trinajstić information content (AvgIpc) is 2.65. The van der Waals surface area contributed by atoms with Gasteiger partial charge in [-0.2, -0.15) is 5.10 Å². The summed E-state index contributed by atoms with van der Waals surface area (Å²) < 4.78 is 1.62. The maximum absolute atomic E-state index is 12.2. The molecule has 0 aromatic carbocycles. The van der Waals surface area contributed by atoms with E-state index < -0.39 is 5.54 Å². The lowest BCUT2D eigenvalue weighted by Gasteiger charge is -2.31. The Labute approximate surface area is 113 Å². The highest BCUT2D eigenvalue weighted by Gasteiger charge is 2.32. The first-order chi connectivity index (χ1) is 8.36. The minimum absolute atomic E-state index is 0.183. The maximum atomic E-state index is 12.2. The molecule has 100 valence electrons. The lowest BCUT2D eigenvalue weighted by atomic mass is 9.92. The highest BCUT2D eigenvalue weighted by atomic mass is 32.1. The zero-order valence-corrected chi connectivity index (χ0v) is 12.1. The standard InChI is InChI=1S/C12H20N4OS/c1-5-12(6-2,11(13)18)14-10(17)9-7-16(4)15-8(9)3/h7H,5-6H2,1-4H3,(H2,13,18)(H,14,17). The molecule has 0 radical (unpaired) electrons. The fourth-order valence-corrected chi connectivity index (χ4v) is 2.28. The third-order valence-corrected chi connectivity index (χ3v) is 3.68. The predicted molar refractivity (Wildman–Crippen MR) is 75.5 cm³/mol. The second-order valence-electron chi connectivity index (χ2n) is 4.41. The summed E-state index contributed by atoms with van der Waals surface area (Å²) in [6.45, 7) is 5.72. The first-order valence-corrected chi connectivity index (χ1v) is 6.39. The maximum Gasteiger partial charge on any atom is 0.255 e. The van der Waals surface area contributed by atoms with Gasteiger partial charge in [0.25, 0.3) is 5.91 Å². The Bertz CT molecular complexity index is 463. The Balaban J connectivity index is 2.99. The summed E-state index contributed by atoms with van der Waals surface area (Å²) in [6, 6.07) is 0. The molecule has 0 aliphatic carbocycles. The number of hydrogen-bond acceptors (Lipinski definition) is 3. The van der Waals surface area contributed by atoms with Crippen LogP contribution in [0, 0.1) is 6.92 Å². The number of nitrogens with two attached hydrogens (primary N) is 1. The summed E-state index contributed by atoms with van der Waals surface area (Å²) in [4.78, 5) is 12.6. The number of rotatable bonds is 5. The molecule has 5 nitrogen and oxygen atoms in total. The van der Waals surface area contributed by atoms with Crippen LogP contribution in [0.2, 0.25) is 0 Å². The molecule has 1 amide bonds. The van der Waals surface area contributed by atoms with Crippen LogP contribution < -0.4 is 11.1 Å². The third-order valence-electron chi connectivity index (χ3n) is 3.29.